The first kappa shape index (κ1) is 10.9. The van der Waals surface area contributed by atoms with Gasteiger partial charge in [-0.15, -0.1) is 0 Å². The summed E-state index contributed by atoms with van der Waals surface area (Å²) in [6, 6.07) is 2.70. The number of benzene rings is 1. The van der Waals surface area contributed by atoms with Crippen LogP contribution in [0.3, 0.4) is 0 Å². The van der Waals surface area contributed by atoms with E-state index in [1.807, 2.05) is 0 Å². The lowest BCUT2D eigenvalue weighted by Crippen LogP contribution is -2.01. The number of ether oxygens (including phenoxy) is 2. The van der Waals surface area contributed by atoms with E-state index >= 15 is 0 Å². The summed E-state index contributed by atoms with van der Waals surface area (Å²) in [6.07, 6.45) is 0.478. The van der Waals surface area contributed by atoms with Crippen LogP contribution in [0.5, 0.6) is 5.75 Å². The Morgan fingerprint density at radius 1 is 1.57 bits per heavy atom. The molecule has 0 unspecified atom stereocenters. The molecule has 1 aromatic rings. The van der Waals surface area contributed by atoms with E-state index in [0.717, 1.165) is 0 Å². The molecule has 76 valence electrons. The minimum Gasteiger partial charge on any atom is -0.464 e. The van der Waals surface area contributed by atoms with Crippen LogP contribution in [0.15, 0.2) is 12.1 Å². The number of hydrogen-bond acceptors (Lipinski definition) is 3. The van der Waals surface area contributed by atoms with E-state index in [1.165, 1.54) is 19.2 Å². The van der Waals surface area contributed by atoms with Gasteiger partial charge in [0, 0.05) is 12.7 Å². The standard InChI is InChI=1S/C9H8ClFO3/c1-13-5-14-7-3-2-6(4-12)8(10)9(7)11/h2-4H,5H2,1H3. The fourth-order valence-electron chi connectivity index (χ4n) is 0.872. The van der Waals surface area contributed by atoms with E-state index in [0.29, 0.717) is 6.29 Å². The van der Waals surface area contributed by atoms with Crippen molar-refractivity contribution in [3.63, 3.8) is 0 Å². The number of carbonyl (C=O) groups excluding carboxylic acids is 1. The maximum absolute atomic E-state index is 13.3. The summed E-state index contributed by atoms with van der Waals surface area (Å²) >= 11 is 5.55. The van der Waals surface area contributed by atoms with Gasteiger partial charge < -0.3 is 9.47 Å². The third kappa shape index (κ3) is 2.21. The molecule has 0 aliphatic heterocycles. The molecule has 14 heavy (non-hydrogen) atoms. The predicted molar refractivity (Wildman–Crippen MR) is 49.3 cm³/mol. The number of carbonyl (C=O) groups is 1. The van der Waals surface area contributed by atoms with Gasteiger partial charge in [0.1, 0.15) is 0 Å². The molecule has 0 bridgehead atoms. The van der Waals surface area contributed by atoms with Crippen molar-refractivity contribution in [2.45, 2.75) is 0 Å². The maximum atomic E-state index is 13.3. The van der Waals surface area contributed by atoms with Crippen molar-refractivity contribution < 1.29 is 18.7 Å². The first-order valence-electron chi connectivity index (χ1n) is 3.75. The lowest BCUT2D eigenvalue weighted by molar-refractivity contribution is 0.0483. The van der Waals surface area contributed by atoms with Crippen LogP contribution in [0.25, 0.3) is 0 Å². The van der Waals surface area contributed by atoms with Gasteiger partial charge in [-0.05, 0) is 12.1 Å². The zero-order valence-electron chi connectivity index (χ0n) is 7.42. The molecule has 0 aromatic heterocycles. The SMILES string of the molecule is COCOc1ccc(C=O)c(Cl)c1F. The Kier molecular flexibility index (Phi) is 3.85. The van der Waals surface area contributed by atoms with Crippen molar-refractivity contribution in [3.8, 4) is 5.75 Å². The summed E-state index contributed by atoms with van der Waals surface area (Å²) < 4.78 is 22.8. The smallest absolute Gasteiger partial charge is 0.188 e. The highest BCUT2D eigenvalue weighted by atomic mass is 35.5. The van der Waals surface area contributed by atoms with Crippen LogP contribution >= 0.6 is 11.6 Å². The van der Waals surface area contributed by atoms with Crippen molar-refractivity contribution in [1.82, 2.24) is 0 Å². The summed E-state index contributed by atoms with van der Waals surface area (Å²) in [5.41, 5.74) is 0.0916. The van der Waals surface area contributed by atoms with Crippen LogP contribution in [-0.2, 0) is 4.74 Å². The topological polar surface area (TPSA) is 35.5 Å². The monoisotopic (exact) mass is 218 g/mol. The lowest BCUT2D eigenvalue weighted by Gasteiger charge is -2.07. The molecule has 0 amide bonds. The Morgan fingerprint density at radius 3 is 2.86 bits per heavy atom. The second-order valence-electron chi connectivity index (χ2n) is 2.45. The molecule has 1 rings (SSSR count). The molecular formula is C9H8ClFO3. The third-order valence-electron chi connectivity index (χ3n) is 1.54. The lowest BCUT2D eigenvalue weighted by atomic mass is 10.2. The summed E-state index contributed by atoms with van der Waals surface area (Å²) in [5.74, 6) is -0.796. The van der Waals surface area contributed by atoms with E-state index in [-0.39, 0.29) is 23.1 Å². The minimum atomic E-state index is -0.756. The van der Waals surface area contributed by atoms with Crippen LogP contribution in [0.1, 0.15) is 10.4 Å². The normalized spacial score (nSPS) is 9.93. The van der Waals surface area contributed by atoms with Crippen LogP contribution in [0, 0.1) is 5.82 Å². The Labute approximate surface area is 85.4 Å². The average molecular weight is 219 g/mol. The Hall–Kier alpha value is -1.13. The summed E-state index contributed by atoms with van der Waals surface area (Å²) in [5, 5.41) is -0.242. The van der Waals surface area contributed by atoms with E-state index in [1.54, 1.807) is 0 Å². The molecule has 0 fully saturated rings. The molecule has 3 nitrogen and oxygen atoms in total. The molecule has 5 heteroatoms. The molecule has 0 heterocycles. The van der Waals surface area contributed by atoms with Gasteiger partial charge in [-0.1, -0.05) is 11.6 Å². The molecule has 0 aliphatic carbocycles. The molecule has 0 saturated carbocycles. The Balaban J connectivity index is 2.98. The third-order valence-corrected chi connectivity index (χ3v) is 1.92. The number of methoxy groups -OCH3 is 1. The van der Waals surface area contributed by atoms with Crippen LogP contribution in [-0.4, -0.2) is 20.2 Å². The van der Waals surface area contributed by atoms with Crippen molar-refractivity contribution in [1.29, 1.82) is 0 Å². The summed E-state index contributed by atoms with van der Waals surface area (Å²) in [4.78, 5) is 10.4. The highest BCUT2D eigenvalue weighted by Crippen LogP contribution is 2.27. The van der Waals surface area contributed by atoms with Crippen LogP contribution in [0.2, 0.25) is 5.02 Å². The van der Waals surface area contributed by atoms with Gasteiger partial charge in [0.15, 0.2) is 24.6 Å². The van der Waals surface area contributed by atoms with Gasteiger partial charge >= 0.3 is 0 Å². The van der Waals surface area contributed by atoms with Gasteiger partial charge in [-0.3, -0.25) is 4.79 Å². The van der Waals surface area contributed by atoms with Gasteiger partial charge in [-0.2, -0.15) is 0 Å². The molecule has 0 N–H and O–H groups in total. The van der Waals surface area contributed by atoms with Gasteiger partial charge in [0.2, 0.25) is 0 Å². The number of halogens is 2. The maximum Gasteiger partial charge on any atom is 0.188 e. The first-order valence-corrected chi connectivity index (χ1v) is 4.13. The average Bonchev–Trinajstić information content (AvgIpc) is 2.20. The van der Waals surface area contributed by atoms with Crippen molar-refractivity contribution in [2.24, 2.45) is 0 Å². The molecule has 0 atom stereocenters. The van der Waals surface area contributed by atoms with E-state index in [2.05, 4.69) is 4.74 Å². The Morgan fingerprint density at radius 2 is 2.29 bits per heavy atom. The largest absolute Gasteiger partial charge is 0.464 e. The molecule has 1 aromatic carbocycles. The fraction of sp³-hybridized carbons (Fsp3) is 0.222. The van der Waals surface area contributed by atoms with Gasteiger partial charge in [0.25, 0.3) is 0 Å². The van der Waals surface area contributed by atoms with Gasteiger partial charge in [-0.25, -0.2) is 4.39 Å². The first-order chi connectivity index (χ1) is 6.70. The molecular weight excluding hydrogens is 211 g/mol. The van der Waals surface area contributed by atoms with Gasteiger partial charge in [0.05, 0.1) is 5.02 Å². The predicted octanol–water partition coefficient (Wildman–Crippen LogP) is 2.27. The molecule has 0 saturated heterocycles. The highest BCUT2D eigenvalue weighted by molar-refractivity contribution is 6.33. The number of hydrogen-bond donors (Lipinski definition) is 0. The van der Waals surface area contributed by atoms with Crippen molar-refractivity contribution in [2.75, 3.05) is 13.9 Å². The van der Waals surface area contributed by atoms with Crippen molar-refractivity contribution in [3.05, 3.63) is 28.5 Å². The Bertz CT molecular complexity index is 341. The molecule has 0 spiro atoms. The van der Waals surface area contributed by atoms with Crippen LogP contribution < -0.4 is 4.74 Å². The fourth-order valence-corrected chi connectivity index (χ4v) is 1.07. The highest BCUT2D eigenvalue weighted by Gasteiger charge is 2.11. The quantitative estimate of drug-likeness (QED) is 0.575. The number of aldehydes is 1. The van der Waals surface area contributed by atoms with Crippen LogP contribution in [0.4, 0.5) is 4.39 Å². The second kappa shape index (κ2) is 4.93. The summed E-state index contributed by atoms with van der Waals surface area (Å²) in [7, 11) is 1.42. The molecule has 0 aliphatic rings. The zero-order valence-corrected chi connectivity index (χ0v) is 8.18. The van der Waals surface area contributed by atoms with Crippen molar-refractivity contribution >= 4 is 17.9 Å². The van der Waals surface area contributed by atoms with E-state index in [4.69, 9.17) is 16.3 Å². The van der Waals surface area contributed by atoms with E-state index < -0.39 is 5.82 Å². The number of rotatable bonds is 4. The molecule has 0 radical (unpaired) electrons. The second-order valence-corrected chi connectivity index (χ2v) is 2.83. The zero-order chi connectivity index (χ0) is 10.6. The van der Waals surface area contributed by atoms with E-state index in [9.17, 15) is 9.18 Å². The summed E-state index contributed by atoms with van der Waals surface area (Å²) in [6.45, 7) is -0.0757. The minimum absolute atomic E-state index is 0.0394.